The molecule has 0 aromatic carbocycles. The summed E-state index contributed by atoms with van der Waals surface area (Å²) >= 11 is 0. The summed E-state index contributed by atoms with van der Waals surface area (Å²) in [5.74, 6) is 0. The van der Waals surface area contributed by atoms with E-state index >= 15 is 0 Å². The first-order valence-corrected chi connectivity index (χ1v) is 7.71. The number of piperidine rings is 1. The van der Waals surface area contributed by atoms with Crippen LogP contribution in [-0.2, 0) is 9.47 Å². The predicted octanol–water partition coefficient (Wildman–Crippen LogP) is 2.46. The quantitative estimate of drug-likeness (QED) is 0.921. The Kier molecular flexibility index (Phi) is 4.34. The highest BCUT2D eigenvalue weighted by atomic mass is 16.5. The molecule has 2 atom stereocenters. The maximum Gasteiger partial charge on any atom is 0.0872 e. The van der Waals surface area contributed by atoms with E-state index in [1.807, 2.05) is 18.5 Å². The van der Waals surface area contributed by atoms with Gasteiger partial charge in [-0.25, -0.2) is 0 Å². The number of rotatable bonds is 3. The maximum absolute atomic E-state index is 6.52. The van der Waals surface area contributed by atoms with Crippen LogP contribution in [0.5, 0.6) is 0 Å². The average molecular weight is 276 g/mol. The van der Waals surface area contributed by atoms with Crippen molar-refractivity contribution < 1.29 is 9.47 Å². The number of aromatic nitrogens is 1. The summed E-state index contributed by atoms with van der Waals surface area (Å²) in [4.78, 5) is 4.23. The lowest BCUT2D eigenvalue weighted by molar-refractivity contribution is -0.185. The van der Waals surface area contributed by atoms with Crippen molar-refractivity contribution in [1.82, 2.24) is 10.3 Å². The largest absolute Gasteiger partial charge is 0.378 e. The van der Waals surface area contributed by atoms with Crippen molar-refractivity contribution in [2.75, 3.05) is 19.7 Å². The SMILES string of the molecule is CCOC1CC(c2cccnc2)OC2(CCNCC2)C1. The highest BCUT2D eigenvalue weighted by Crippen LogP contribution is 2.42. The molecule has 2 aliphatic heterocycles. The van der Waals surface area contributed by atoms with Gasteiger partial charge in [0.2, 0.25) is 0 Å². The molecule has 0 radical (unpaired) electrons. The Bertz CT molecular complexity index is 418. The Morgan fingerprint density at radius 3 is 3.00 bits per heavy atom. The first kappa shape index (κ1) is 14.0. The molecule has 110 valence electrons. The van der Waals surface area contributed by atoms with Crippen LogP contribution in [0, 0.1) is 0 Å². The minimum Gasteiger partial charge on any atom is -0.378 e. The van der Waals surface area contributed by atoms with E-state index in [1.54, 1.807) is 0 Å². The van der Waals surface area contributed by atoms with E-state index in [0.717, 1.165) is 45.4 Å². The van der Waals surface area contributed by atoms with E-state index in [4.69, 9.17) is 9.47 Å². The van der Waals surface area contributed by atoms with Crippen molar-refractivity contribution in [3.8, 4) is 0 Å². The van der Waals surface area contributed by atoms with Crippen molar-refractivity contribution in [2.45, 2.75) is 50.4 Å². The second-order valence-electron chi connectivity index (χ2n) is 5.84. The lowest BCUT2D eigenvalue weighted by atomic mass is 9.81. The van der Waals surface area contributed by atoms with E-state index in [1.165, 1.54) is 5.56 Å². The van der Waals surface area contributed by atoms with Gasteiger partial charge < -0.3 is 14.8 Å². The van der Waals surface area contributed by atoms with Crippen molar-refractivity contribution in [3.05, 3.63) is 30.1 Å². The van der Waals surface area contributed by atoms with Crippen LogP contribution >= 0.6 is 0 Å². The number of nitrogens with zero attached hydrogens (tertiary/aromatic N) is 1. The molecule has 0 amide bonds. The number of nitrogens with one attached hydrogen (secondary N) is 1. The van der Waals surface area contributed by atoms with Gasteiger partial charge >= 0.3 is 0 Å². The molecule has 4 heteroatoms. The topological polar surface area (TPSA) is 43.4 Å². The van der Waals surface area contributed by atoms with Gasteiger partial charge in [-0.05, 0) is 44.5 Å². The van der Waals surface area contributed by atoms with Gasteiger partial charge in [0.15, 0.2) is 0 Å². The minimum atomic E-state index is -0.0101. The molecule has 1 aromatic rings. The van der Waals surface area contributed by atoms with Gasteiger partial charge in [-0.1, -0.05) is 6.07 Å². The molecular formula is C16H24N2O2. The van der Waals surface area contributed by atoms with Gasteiger partial charge in [-0.15, -0.1) is 0 Å². The first-order valence-electron chi connectivity index (χ1n) is 7.71. The summed E-state index contributed by atoms with van der Waals surface area (Å²) in [6, 6.07) is 4.10. The third kappa shape index (κ3) is 3.03. The van der Waals surface area contributed by atoms with E-state index in [0.29, 0.717) is 6.10 Å². The van der Waals surface area contributed by atoms with Gasteiger partial charge in [0.05, 0.1) is 17.8 Å². The molecule has 2 aliphatic rings. The van der Waals surface area contributed by atoms with Gasteiger partial charge in [0, 0.05) is 31.8 Å². The van der Waals surface area contributed by atoms with Gasteiger partial charge in [-0.3, -0.25) is 4.98 Å². The normalized spacial score (nSPS) is 29.4. The van der Waals surface area contributed by atoms with E-state index in [9.17, 15) is 0 Å². The third-order valence-electron chi connectivity index (χ3n) is 4.44. The summed E-state index contributed by atoms with van der Waals surface area (Å²) in [6.07, 6.45) is 8.28. The molecule has 1 spiro atoms. The third-order valence-corrected chi connectivity index (χ3v) is 4.44. The number of pyridine rings is 1. The van der Waals surface area contributed by atoms with Crippen LogP contribution in [0.1, 0.15) is 44.3 Å². The molecule has 0 saturated carbocycles. The average Bonchev–Trinajstić information content (AvgIpc) is 2.49. The smallest absolute Gasteiger partial charge is 0.0872 e. The summed E-state index contributed by atoms with van der Waals surface area (Å²) in [5.41, 5.74) is 1.17. The van der Waals surface area contributed by atoms with Crippen LogP contribution in [0.15, 0.2) is 24.5 Å². The second-order valence-corrected chi connectivity index (χ2v) is 5.84. The molecule has 0 aliphatic carbocycles. The Labute approximate surface area is 120 Å². The molecule has 2 saturated heterocycles. The fourth-order valence-electron chi connectivity index (χ4n) is 3.47. The second kappa shape index (κ2) is 6.20. The zero-order valence-electron chi connectivity index (χ0n) is 12.2. The van der Waals surface area contributed by atoms with E-state index in [-0.39, 0.29) is 11.7 Å². The van der Waals surface area contributed by atoms with Crippen molar-refractivity contribution in [2.24, 2.45) is 0 Å². The van der Waals surface area contributed by atoms with E-state index < -0.39 is 0 Å². The van der Waals surface area contributed by atoms with Gasteiger partial charge in [0.1, 0.15) is 0 Å². The summed E-state index contributed by atoms with van der Waals surface area (Å²) < 4.78 is 12.5. The Morgan fingerprint density at radius 2 is 2.30 bits per heavy atom. The monoisotopic (exact) mass is 276 g/mol. The molecule has 1 N–H and O–H groups in total. The Balaban J connectivity index is 1.79. The fraction of sp³-hybridized carbons (Fsp3) is 0.688. The van der Waals surface area contributed by atoms with Crippen molar-refractivity contribution >= 4 is 0 Å². The molecule has 3 rings (SSSR count). The summed E-state index contributed by atoms with van der Waals surface area (Å²) in [7, 11) is 0. The van der Waals surface area contributed by atoms with Crippen LogP contribution in [0.3, 0.4) is 0 Å². The predicted molar refractivity (Wildman–Crippen MR) is 77.5 cm³/mol. The summed E-state index contributed by atoms with van der Waals surface area (Å²) in [5, 5.41) is 3.42. The lowest BCUT2D eigenvalue weighted by Gasteiger charge is -2.46. The minimum absolute atomic E-state index is 0.0101. The van der Waals surface area contributed by atoms with Crippen LogP contribution in [0.4, 0.5) is 0 Å². The highest BCUT2D eigenvalue weighted by molar-refractivity contribution is 5.14. The number of hydrogen-bond donors (Lipinski definition) is 1. The Morgan fingerprint density at radius 1 is 1.45 bits per heavy atom. The molecular weight excluding hydrogens is 252 g/mol. The first-order chi connectivity index (χ1) is 9.81. The molecule has 0 bridgehead atoms. The zero-order chi connectivity index (χ0) is 13.8. The molecule has 1 aromatic heterocycles. The molecule has 4 nitrogen and oxygen atoms in total. The highest BCUT2D eigenvalue weighted by Gasteiger charge is 2.43. The number of hydrogen-bond acceptors (Lipinski definition) is 4. The fourth-order valence-corrected chi connectivity index (χ4v) is 3.47. The van der Waals surface area contributed by atoms with Crippen molar-refractivity contribution in [1.29, 1.82) is 0 Å². The van der Waals surface area contributed by atoms with Gasteiger partial charge in [0.25, 0.3) is 0 Å². The van der Waals surface area contributed by atoms with Crippen LogP contribution in [0.25, 0.3) is 0 Å². The lowest BCUT2D eigenvalue weighted by Crippen LogP contribution is -2.50. The molecule has 3 heterocycles. The van der Waals surface area contributed by atoms with E-state index in [2.05, 4.69) is 23.3 Å². The molecule has 2 unspecified atom stereocenters. The molecule has 20 heavy (non-hydrogen) atoms. The van der Waals surface area contributed by atoms with Crippen LogP contribution < -0.4 is 5.32 Å². The number of ether oxygens (including phenoxy) is 2. The standard InChI is InChI=1S/C16H24N2O2/c1-2-19-14-10-15(13-4-3-7-18-12-13)20-16(11-14)5-8-17-9-6-16/h3-4,7,12,14-15,17H,2,5-6,8-11H2,1H3. The van der Waals surface area contributed by atoms with Crippen molar-refractivity contribution in [3.63, 3.8) is 0 Å². The molecule has 2 fully saturated rings. The summed E-state index contributed by atoms with van der Waals surface area (Å²) in [6.45, 7) is 4.93. The van der Waals surface area contributed by atoms with Crippen LogP contribution in [-0.4, -0.2) is 36.4 Å². The maximum atomic E-state index is 6.52. The zero-order valence-corrected chi connectivity index (χ0v) is 12.2. The Hall–Kier alpha value is -0.970. The van der Waals surface area contributed by atoms with Crippen LogP contribution in [0.2, 0.25) is 0 Å². The van der Waals surface area contributed by atoms with Gasteiger partial charge in [-0.2, -0.15) is 0 Å².